The Labute approximate surface area is 108 Å². The van der Waals surface area contributed by atoms with Crippen molar-refractivity contribution in [2.75, 3.05) is 20.2 Å². The van der Waals surface area contributed by atoms with Crippen molar-refractivity contribution in [3.05, 3.63) is 29.3 Å². The third-order valence-electron chi connectivity index (χ3n) is 2.34. The third kappa shape index (κ3) is 5.06. The first kappa shape index (κ1) is 15.7. The SMILES string of the molecule is COc1ccc(C)cc1CCNC(=O)CN.Cl. The van der Waals surface area contributed by atoms with E-state index in [4.69, 9.17) is 10.5 Å². The number of carbonyl (C=O) groups is 1. The normalized spacial score (nSPS) is 9.35. The van der Waals surface area contributed by atoms with E-state index in [1.165, 1.54) is 5.56 Å². The lowest BCUT2D eigenvalue weighted by Crippen LogP contribution is -2.31. The zero-order valence-corrected chi connectivity index (χ0v) is 11.0. The van der Waals surface area contributed by atoms with Crippen LogP contribution in [0.1, 0.15) is 11.1 Å². The predicted molar refractivity (Wildman–Crippen MR) is 70.7 cm³/mol. The van der Waals surface area contributed by atoms with E-state index in [0.717, 1.165) is 17.7 Å². The Bertz CT molecular complexity index is 370. The van der Waals surface area contributed by atoms with Crippen molar-refractivity contribution in [3.8, 4) is 5.75 Å². The third-order valence-corrected chi connectivity index (χ3v) is 2.34. The quantitative estimate of drug-likeness (QED) is 0.830. The van der Waals surface area contributed by atoms with Gasteiger partial charge in [-0.15, -0.1) is 12.4 Å². The molecule has 96 valence electrons. The number of amides is 1. The van der Waals surface area contributed by atoms with Crippen LogP contribution in [0.2, 0.25) is 0 Å². The van der Waals surface area contributed by atoms with Crippen LogP contribution in [0, 0.1) is 6.92 Å². The molecule has 1 aromatic rings. The molecule has 17 heavy (non-hydrogen) atoms. The Morgan fingerprint density at radius 2 is 2.18 bits per heavy atom. The van der Waals surface area contributed by atoms with Gasteiger partial charge in [-0.25, -0.2) is 0 Å². The van der Waals surface area contributed by atoms with E-state index in [-0.39, 0.29) is 24.9 Å². The predicted octanol–water partition coefficient (Wildman–Crippen LogP) is 1.04. The molecule has 0 aliphatic carbocycles. The van der Waals surface area contributed by atoms with E-state index < -0.39 is 0 Å². The van der Waals surface area contributed by atoms with Crippen LogP contribution >= 0.6 is 12.4 Å². The fourth-order valence-corrected chi connectivity index (χ4v) is 1.51. The van der Waals surface area contributed by atoms with Gasteiger partial charge in [0.2, 0.25) is 5.91 Å². The largest absolute Gasteiger partial charge is 0.496 e. The van der Waals surface area contributed by atoms with Crippen LogP contribution in [0.25, 0.3) is 0 Å². The lowest BCUT2D eigenvalue weighted by Gasteiger charge is -2.09. The number of hydrogen-bond acceptors (Lipinski definition) is 3. The van der Waals surface area contributed by atoms with Gasteiger partial charge in [0.1, 0.15) is 5.75 Å². The summed E-state index contributed by atoms with van der Waals surface area (Å²) in [6, 6.07) is 6.00. The molecular weight excluding hydrogens is 240 g/mol. The molecule has 1 amide bonds. The van der Waals surface area contributed by atoms with Crippen molar-refractivity contribution in [1.29, 1.82) is 0 Å². The van der Waals surface area contributed by atoms with Gasteiger partial charge in [-0.1, -0.05) is 17.7 Å². The number of nitrogens with two attached hydrogens (primary N) is 1. The summed E-state index contributed by atoms with van der Waals surface area (Å²) < 4.78 is 5.25. The molecule has 0 fully saturated rings. The highest BCUT2D eigenvalue weighted by Crippen LogP contribution is 2.19. The first-order chi connectivity index (χ1) is 7.67. The lowest BCUT2D eigenvalue weighted by molar-refractivity contribution is -0.119. The number of carbonyl (C=O) groups excluding carboxylic acids is 1. The van der Waals surface area contributed by atoms with Crippen LogP contribution in [-0.4, -0.2) is 26.1 Å². The van der Waals surface area contributed by atoms with Crippen LogP contribution in [-0.2, 0) is 11.2 Å². The summed E-state index contributed by atoms with van der Waals surface area (Å²) in [5.74, 6) is 0.721. The fourth-order valence-electron chi connectivity index (χ4n) is 1.51. The molecule has 0 unspecified atom stereocenters. The molecular formula is C12H19ClN2O2. The van der Waals surface area contributed by atoms with Crippen molar-refractivity contribution >= 4 is 18.3 Å². The standard InChI is InChI=1S/C12H18N2O2.ClH/c1-9-3-4-11(16-2)10(7-9)5-6-14-12(15)8-13;/h3-4,7H,5-6,8,13H2,1-2H3,(H,14,15);1H. The first-order valence-corrected chi connectivity index (χ1v) is 5.27. The molecule has 0 bridgehead atoms. The fraction of sp³-hybridized carbons (Fsp3) is 0.417. The van der Waals surface area contributed by atoms with Crippen LogP contribution < -0.4 is 15.8 Å². The Morgan fingerprint density at radius 1 is 1.47 bits per heavy atom. The number of methoxy groups -OCH3 is 1. The molecule has 5 heteroatoms. The second kappa shape index (κ2) is 7.92. The van der Waals surface area contributed by atoms with E-state index in [1.807, 2.05) is 19.1 Å². The van der Waals surface area contributed by atoms with Gasteiger partial charge in [-0.3, -0.25) is 4.79 Å². The molecule has 1 aromatic carbocycles. The minimum Gasteiger partial charge on any atom is -0.496 e. The average Bonchev–Trinajstić information content (AvgIpc) is 2.29. The van der Waals surface area contributed by atoms with Crippen molar-refractivity contribution in [3.63, 3.8) is 0 Å². The summed E-state index contributed by atoms with van der Waals surface area (Å²) in [5.41, 5.74) is 7.47. The van der Waals surface area contributed by atoms with Crippen molar-refractivity contribution < 1.29 is 9.53 Å². The second-order valence-corrected chi connectivity index (χ2v) is 3.62. The van der Waals surface area contributed by atoms with Gasteiger partial charge in [0.15, 0.2) is 0 Å². The van der Waals surface area contributed by atoms with Gasteiger partial charge in [-0.2, -0.15) is 0 Å². The molecule has 0 heterocycles. The highest BCUT2D eigenvalue weighted by molar-refractivity contribution is 5.85. The topological polar surface area (TPSA) is 64.3 Å². The molecule has 0 saturated heterocycles. The summed E-state index contributed by atoms with van der Waals surface area (Å²) in [4.78, 5) is 11.0. The molecule has 1 rings (SSSR count). The molecule has 0 aromatic heterocycles. The van der Waals surface area contributed by atoms with E-state index in [2.05, 4.69) is 11.4 Å². The van der Waals surface area contributed by atoms with Gasteiger partial charge in [0.05, 0.1) is 13.7 Å². The molecule has 0 spiro atoms. The van der Waals surface area contributed by atoms with Crippen LogP contribution in [0.3, 0.4) is 0 Å². The van der Waals surface area contributed by atoms with E-state index >= 15 is 0 Å². The van der Waals surface area contributed by atoms with E-state index in [0.29, 0.717) is 6.54 Å². The molecule has 0 aliphatic rings. The van der Waals surface area contributed by atoms with Gasteiger partial charge in [0.25, 0.3) is 0 Å². The number of benzene rings is 1. The maximum atomic E-state index is 11.0. The maximum absolute atomic E-state index is 11.0. The monoisotopic (exact) mass is 258 g/mol. The molecule has 0 radical (unpaired) electrons. The van der Waals surface area contributed by atoms with Crippen LogP contribution in [0.5, 0.6) is 5.75 Å². The molecule has 0 aliphatic heterocycles. The van der Waals surface area contributed by atoms with Crippen molar-refractivity contribution in [2.24, 2.45) is 5.73 Å². The number of rotatable bonds is 5. The molecule has 0 saturated carbocycles. The summed E-state index contributed by atoms with van der Waals surface area (Å²) >= 11 is 0. The second-order valence-electron chi connectivity index (χ2n) is 3.62. The number of ether oxygens (including phenoxy) is 1. The Hall–Kier alpha value is -1.26. The van der Waals surface area contributed by atoms with E-state index in [9.17, 15) is 4.79 Å². The van der Waals surface area contributed by atoms with Gasteiger partial charge >= 0.3 is 0 Å². The minimum absolute atomic E-state index is 0. The van der Waals surface area contributed by atoms with Gasteiger partial charge in [-0.05, 0) is 25.0 Å². The zero-order valence-electron chi connectivity index (χ0n) is 10.2. The highest BCUT2D eigenvalue weighted by Gasteiger charge is 2.03. The Morgan fingerprint density at radius 3 is 2.76 bits per heavy atom. The number of halogens is 1. The molecule has 3 N–H and O–H groups in total. The Kier molecular flexibility index (Phi) is 7.34. The summed E-state index contributed by atoms with van der Waals surface area (Å²) in [6.07, 6.45) is 0.747. The van der Waals surface area contributed by atoms with E-state index in [1.54, 1.807) is 7.11 Å². The molecule has 0 atom stereocenters. The lowest BCUT2D eigenvalue weighted by atomic mass is 10.1. The minimum atomic E-state index is -0.133. The van der Waals surface area contributed by atoms with Crippen LogP contribution in [0.15, 0.2) is 18.2 Å². The Balaban J connectivity index is 0.00000256. The van der Waals surface area contributed by atoms with Crippen molar-refractivity contribution in [2.45, 2.75) is 13.3 Å². The smallest absolute Gasteiger partial charge is 0.233 e. The van der Waals surface area contributed by atoms with Gasteiger partial charge < -0.3 is 15.8 Å². The zero-order chi connectivity index (χ0) is 12.0. The summed E-state index contributed by atoms with van der Waals surface area (Å²) in [6.45, 7) is 2.64. The average molecular weight is 259 g/mol. The summed E-state index contributed by atoms with van der Waals surface area (Å²) in [7, 11) is 1.65. The highest BCUT2D eigenvalue weighted by atomic mass is 35.5. The first-order valence-electron chi connectivity index (χ1n) is 5.27. The number of nitrogens with one attached hydrogen (secondary N) is 1. The van der Waals surface area contributed by atoms with Gasteiger partial charge in [0, 0.05) is 6.54 Å². The van der Waals surface area contributed by atoms with Crippen molar-refractivity contribution in [1.82, 2.24) is 5.32 Å². The maximum Gasteiger partial charge on any atom is 0.233 e. The molecule has 4 nitrogen and oxygen atoms in total. The summed E-state index contributed by atoms with van der Waals surface area (Å²) in [5, 5.41) is 2.73. The number of hydrogen-bond donors (Lipinski definition) is 2. The van der Waals surface area contributed by atoms with Crippen LogP contribution in [0.4, 0.5) is 0 Å². The number of aryl methyl sites for hydroxylation is 1.